The molecule has 0 radical (unpaired) electrons. The van der Waals surface area contributed by atoms with E-state index in [1.807, 2.05) is 32.0 Å². The second kappa shape index (κ2) is 5.53. The number of carboxylic acids is 1. The number of aryl methyl sites for hydroxylation is 1. The molecule has 20 heavy (non-hydrogen) atoms. The Balaban J connectivity index is 2.09. The Morgan fingerprint density at radius 2 is 1.85 bits per heavy atom. The number of carbonyl (C=O) groups is 2. The highest BCUT2D eigenvalue weighted by Crippen LogP contribution is 2.30. The molecule has 1 fully saturated rings. The van der Waals surface area contributed by atoms with Gasteiger partial charge in [0, 0.05) is 5.69 Å². The molecule has 0 saturated heterocycles. The second-order valence-corrected chi connectivity index (χ2v) is 5.42. The van der Waals surface area contributed by atoms with Crippen molar-refractivity contribution >= 4 is 17.7 Å². The van der Waals surface area contributed by atoms with Crippen LogP contribution in [0, 0.1) is 13.8 Å². The van der Waals surface area contributed by atoms with Gasteiger partial charge in [0.1, 0.15) is 5.54 Å². The summed E-state index contributed by atoms with van der Waals surface area (Å²) < 4.78 is 0. The molecule has 5 nitrogen and oxygen atoms in total. The molecule has 0 bridgehead atoms. The fraction of sp³-hybridized carbons (Fsp3) is 0.467. The van der Waals surface area contributed by atoms with Crippen molar-refractivity contribution in [3.05, 3.63) is 29.3 Å². The van der Waals surface area contributed by atoms with E-state index < -0.39 is 17.5 Å². The van der Waals surface area contributed by atoms with Gasteiger partial charge in [0.15, 0.2) is 0 Å². The van der Waals surface area contributed by atoms with E-state index in [0.29, 0.717) is 18.5 Å². The van der Waals surface area contributed by atoms with Crippen molar-refractivity contribution in [2.24, 2.45) is 0 Å². The lowest BCUT2D eigenvalue weighted by Crippen LogP contribution is -2.53. The fourth-order valence-corrected chi connectivity index (χ4v) is 2.63. The number of aliphatic carboxylic acids is 1. The standard InChI is InChI=1S/C15H20N2O3/c1-10-6-5-7-12(11(10)2)16-14(20)17-15(13(18)19)8-3-4-9-15/h5-7H,3-4,8-9H2,1-2H3,(H,18,19)(H2,16,17,20). The van der Waals surface area contributed by atoms with Gasteiger partial charge in [-0.1, -0.05) is 25.0 Å². The number of amides is 2. The number of urea groups is 1. The van der Waals surface area contributed by atoms with Crippen molar-refractivity contribution < 1.29 is 14.7 Å². The van der Waals surface area contributed by atoms with Gasteiger partial charge in [0.25, 0.3) is 0 Å². The largest absolute Gasteiger partial charge is 0.480 e. The van der Waals surface area contributed by atoms with Gasteiger partial charge in [0.2, 0.25) is 0 Å². The number of benzene rings is 1. The maximum atomic E-state index is 12.1. The van der Waals surface area contributed by atoms with Crippen LogP contribution in [0.1, 0.15) is 36.8 Å². The molecular formula is C15H20N2O3. The molecule has 3 N–H and O–H groups in total. The summed E-state index contributed by atoms with van der Waals surface area (Å²) in [5.74, 6) is -0.953. The van der Waals surface area contributed by atoms with Gasteiger partial charge in [0.05, 0.1) is 0 Å². The van der Waals surface area contributed by atoms with Gasteiger partial charge >= 0.3 is 12.0 Å². The highest BCUT2D eigenvalue weighted by Gasteiger charge is 2.42. The third-order valence-corrected chi connectivity index (χ3v) is 4.07. The van der Waals surface area contributed by atoms with Gasteiger partial charge in [-0.3, -0.25) is 0 Å². The van der Waals surface area contributed by atoms with Gasteiger partial charge in [-0.05, 0) is 43.9 Å². The number of carbonyl (C=O) groups excluding carboxylic acids is 1. The number of anilines is 1. The van der Waals surface area contributed by atoms with Crippen molar-refractivity contribution in [3.8, 4) is 0 Å². The van der Waals surface area contributed by atoms with Gasteiger partial charge < -0.3 is 15.7 Å². The number of rotatable bonds is 3. The summed E-state index contributed by atoms with van der Waals surface area (Å²) >= 11 is 0. The zero-order valence-corrected chi connectivity index (χ0v) is 11.8. The minimum absolute atomic E-state index is 0.456. The molecule has 1 aliphatic rings. The maximum absolute atomic E-state index is 12.1. The maximum Gasteiger partial charge on any atom is 0.329 e. The predicted octanol–water partition coefficient (Wildman–Crippen LogP) is 2.82. The van der Waals surface area contributed by atoms with E-state index >= 15 is 0 Å². The van der Waals surface area contributed by atoms with E-state index in [-0.39, 0.29) is 0 Å². The number of nitrogens with one attached hydrogen (secondary N) is 2. The Labute approximate surface area is 118 Å². The van der Waals surface area contributed by atoms with Crippen molar-refractivity contribution in [3.63, 3.8) is 0 Å². The summed E-state index contributed by atoms with van der Waals surface area (Å²) in [5, 5.41) is 14.7. The first-order chi connectivity index (χ1) is 9.44. The van der Waals surface area contributed by atoms with Crippen molar-refractivity contribution in [1.29, 1.82) is 0 Å². The van der Waals surface area contributed by atoms with Crippen molar-refractivity contribution in [2.45, 2.75) is 45.1 Å². The van der Waals surface area contributed by atoms with Gasteiger partial charge in [-0.2, -0.15) is 0 Å². The SMILES string of the molecule is Cc1cccc(NC(=O)NC2(C(=O)O)CCCC2)c1C. The number of hydrogen-bond acceptors (Lipinski definition) is 2. The van der Waals surface area contributed by atoms with Crippen LogP contribution in [0.15, 0.2) is 18.2 Å². The second-order valence-electron chi connectivity index (χ2n) is 5.42. The first-order valence-corrected chi connectivity index (χ1v) is 6.83. The van der Waals surface area contributed by atoms with Crippen molar-refractivity contribution in [2.75, 3.05) is 5.32 Å². The molecule has 0 aliphatic heterocycles. The first kappa shape index (κ1) is 14.4. The molecule has 0 unspecified atom stereocenters. The van der Waals surface area contributed by atoms with Crippen LogP contribution in [0.25, 0.3) is 0 Å². The minimum atomic E-state index is -1.11. The van der Waals surface area contributed by atoms with E-state index in [0.717, 1.165) is 24.0 Å². The van der Waals surface area contributed by atoms with Crippen LogP contribution in [0.2, 0.25) is 0 Å². The zero-order valence-electron chi connectivity index (χ0n) is 11.8. The Bertz CT molecular complexity index is 534. The third kappa shape index (κ3) is 2.76. The molecule has 1 aliphatic carbocycles. The number of hydrogen-bond donors (Lipinski definition) is 3. The normalized spacial score (nSPS) is 16.7. The van der Waals surface area contributed by atoms with Crippen LogP contribution in [0.4, 0.5) is 10.5 Å². The Morgan fingerprint density at radius 1 is 1.20 bits per heavy atom. The predicted molar refractivity (Wildman–Crippen MR) is 76.9 cm³/mol. The average Bonchev–Trinajstić information content (AvgIpc) is 2.85. The van der Waals surface area contributed by atoms with Gasteiger partial charge in [-0.25, -0.2) is 9.59 Å². The van der Waals surface area contributed by atoms with E-state index in [9.17, 15) is 14.7 Å². The lowest BCUT2D eigenvalue weighted by Gasteiger charge is -2.25. The average molecular weight is 276 g/mol. The summed E-state index contributed by atoms with van der Waals surface area (Å²) in [6, 6.07) is 5.18. The molecule has 2 amide bonds. The Kier molecular flexibility index (Phi) is 3.97. The molecule has 1 aromatic rings. The van der Waals surface area contributed by atoms with E-state index in [1.165, 1.54) is 0 Å². The van der Waals surface area contributed by atoms with Crippen LogP contribution >= 0.6 is 0 Å². The molecule has 0 heterocycles. The van der Waals surface area contributed by atoms with Crippen LogP contribution in [0.3, 0.4) is 0 Å². The van der Waals surface area contributed by atoms with E-state index in [4.69, 9.17) is 0 Å². The van der Waals surface area contributed by atoms with Gasteiger partial charge in [-0.15, -0.1) is 0 Å². The lowest BCUT2D eigenvalue weighted by atomic mass is 9.98. The molecule has 1 aromatic carbocycles. The topological polar surface area (TPSA) is 78.4 Å². The number of carboxylic acid groups (broad SMARTS) is 1. The zero-order chi connectivity index (χ0) is 14.8. The summed E-state index contributed by atoms with van der Waals surface area (Å²) in [4.78, 5) is 23.4. The van der Waals surface area contributed by atoms with Crippen LogP contribution in [-0.4, -0.2) is 22.6 Å². The molecule has 0 spiro atoms. The molecule has 0 aromatic heterocycles. The molecular weight excluding hydrogens is 256 g/mol. The molecule has 2 rings (SSSR count). The summed E-state index contributed by atoms with van der Waals surface area (Å²) in [6.45, 7) is 3.89. The molecule has 108 valence electrons. The van der Waals surface area contributed by atoms with Crippen LogP contribution in [-0.2, 0) is 4.79 Å². The Hall–Kier alpha value is -2.04. The van der Waals surface area contributed by atoms with Crippen molar-refractivity contribution in [1.82, 2.24) is 5.32 Å². The summed E-state index contributed by atoms with van der Waals surface area (Å²) in [6.07, 6.45) is 2.64. The summed E-state index contributed by atoms with van der Waals surface area (Å²) in [5.41, 5.74) is 1.66. The quantitative estimate of drug-likeness (QED) is 0.794. The van der Waals surface area contributed by atoms with E-state index in [1.54, 1.807) is 0 Å². The monoisotopic (exact) mass is 276 g/mol. The molecule has 5 heteroatoms. The fourth-order valence-electron chi connectivity index (χ4n) is 2.63. The minimum Gasteiger partial charge on any atom is -0.480 e. The van der Waals surface area contributed by atoms with E-state index in [2.05, 4.69) is 10.6 Å². The molecule has 0 atom stereocenters. The summed E-state index contributed by atoms with van der Waals surface area (Å²) in [7, 11) is 0. The van der Waals surface area contributed by atoms with Crippen LogP contribution in [0.5, 0.6) is 0 Å². The highest BCUT2D eigenvalue weighted by molar-refractivity contribution is 5.94. The Morgan fingerprint density at radius 3 is 2.45 bits per heavy atom. The van der Waals surface area contributed by atoms with Crippen LogP contribution < -0.4 is 10.6 Å². The first-order valence-electron chi connectivity index (χ1n) is 6.83. The highest BCUT2D eigenvalue weighted by atomic mass is 16.4. The smallest absolute Gasteiger partial charge is 0.329 e. The third-order valence-electron chi connectivity index (χ3n) is 4.07. The molecule has 1 saturated carbocycles. The lowest BCUT2D eigenvalue weighted by molar-refractivity contribution is -0.144.